The van der Waals surface area contributed by atoms with Gasteiger partial charge in [-0.25, -0.2) is 0 Å². The average Bonchev–Trinajstić information content (AvgIpc) is 3.04. The number of ether oxygens (including phenoxy) is 2. The van der Waals surface area contributed by atoms with Crippen LogP contribution in [0.4, 0.5) is 5.13 Å². The summed E-state index contributed by atoms with van der Waals surface area (Å²) in [4.78, 5) is 11.8. The lowest BCUT2D eigenvalue weighted by atomic mass is 10.2. The molecule has 0 unspecified atom stereocenters. The van der Waals surface area contributed by atoms with Gasteiger partial charge in [0.2, 0.25) is 5.13 Å². The SMILES string of the molecule is Cc1nnc(NC(=O)COc2ccc(OCc3ccccc3)cc2)s1. The van der Waals surface area contributed by atoms with Crippen molar-refractivity contribution in [2.75, 3.05) is 11.9 Å². The van der Waals surface area contributed by atoms with Crippen molar-refractivity contribution < 1.29 is 14.3 Å². The summed E-state index contributed by atoms with van der Waals surface area (Å²) in [6.07, 6.45) is 0. The van der Waals surface area contributed by atoms with Crippen LogP contribution in [-0.2, 0) is 11.4 Å². The second-order valence-electron chi connectivity index (χ2n) is 5.21. The van der Waals surface area contributed by atoms with Gasteiger partial charge in [-0.3, -0.25) is 10.1 Å². The summed E-state index contributed by atoms with van der Waals surface area (Å²) >= 11 is 1.32. The number of anilines is 1. The molecule has 0 saturated carbocycles. The molecule has 0 bridgehead atoms. The predicted molar refractivity (Wildman–Crippen MR) is 96.0 cm³/mol. The Morgan fingerprint density at radius 2 is 1.68 bits per heavy atom. The van der Waals surface area contributed by atoms with E-state index in [-0.39, 0.29) is 12.5 Å². The first-order valence-corrected chi connectivity index (χ1v) is 8.50. The molecule has 25 heavy (non-hydrogen) atoms. The summed E-state index contributed by atoms with van der Waals surface area (Å²) in [7, 11) is 0. The first-order chi connectivity index (χ1) is 12.2. The third kappa shape index (κ3) is 5.29. The van der Waals surface area contributed by atoms with Crippen molar-refractivity contribution in [2.45, 2.75) is 13.5 Å². The van der Waals surface area contributed by atoms with Crippen molar-refractivity contribution in [3.8, 4) is 11.5 Å². The maximum atomic E-state index is 11.8. The van der Waals surface area contributed by atoms with Gasteiger partial charge in [-0.15, -0.1) is 10.2 Å². The Kier molecular flexibility index (Phi) is 5.58. The van der Waals surface area contributed by atoms with E-state index < -0.39 is 0 Å². The molecular formula is C18H17N3O3S. The van der Waals surface area contributed by atoms with Gasteiger partial charge in [0.05, 0.1) is 0 Å². The van der Waals surface area contributed by atoms with Crippen LogP contribution in [0.3, 0.4) is 0 Å². The Balaban J connectivity index is 1.45. The number of carbonyl (C=O) groups is 1. The van der Waals surface area contributed by atoms with Crippen LogP contribution in [0.2, 0.25) is 0 Å². The summed E-state index contributed by atoms with van der Waals surface area (Å²) < 4.78 is 11.2. The lowest BCUT2D eigenvalue weighted by Crippen LogP contribution is -2.20. The molecule has 0 aliphatic rings. The van der Waals surface area contributed by atoms with Crippen LogP contribution in [0, 0.1) is 6.92 Å². The van der Waals surface area contributed by atoms with E-state index in [0.29, 0.717) is 17.5 Å². The molecular weight excluding hydrogens is 338 g/mol. The van der Waals surface area contributed by atoms with E-state index in [4.69, 9.17) is 9.47 Å². The minimum Gasteiger partial charge on any atom is -0.489 e. The molecule has 1 aromatic heterocycles. The predicted octanol–water partition coefficient (Wildman–Crippen LogP) is 3.44. The van der Waals surface area contributed by atoms with Crippen LogP contribution in [0.5, 0.6) is 11.5 Å². The average molecular weight is 355 g/mol. The van der Waals surface area contributed by atoms with E-state index in [2.05, 4.69) is 15.5 Å². The van der Waals surface area contributed by atoms with E-state index in [1.807, 2.05) is 49.4 Å². The molecule has 0 radical (unpaired) electrons. The highest BCUT2D eigenvalue weighted by Crippen LogP contribution is 2.19. The van der Waals surface area contributed by atoms with Crippen molar-refractivity contribution >= 4 is 22.4 Å². The zero-order valence-corrected chi connectivity index (χ0v) is 14.5. The number of hydrogen-bond acceptors (Lipinski definition) is 6. The number of aromatic nitrogens is 2. The third-order valence-electron chi connectivity index (χ3n) is 3.21. The number of rotatable bonds is 7. The molecule has 1 amide bonds. The molecule has 0 aliphatic heterocycles. The smallest absolute Gasteiger partial charge is 0.264 e. The molecule has 0 spiro atoms. The van der Waals surface area contributed by atoms with E-state index >= 15 is 0 Å². The topological polar surface area (TPSA) is 73.3 Å². The standard InChI is InChI=1S/C18H17N3O3S/c1-13-20-21-18(25-13)19-17(22)12-24-16-9-7-15(8-10-16)23-11-14-5-3-2-4-6-14/h2-10H,11-12H2,1H3,(H,19,21,22). The minimum atomic E-state index is -0.277. The molecule has 0 aliphatic carbocycles. The Hall–Kier alpha value is -2.93. The molecule has 128 valence electrons. The fourth-order valence-electron chi connectivity index (χ4n) is 2.02. The summed E-state index contributed by atoms with van der Waals surface area (Å²) in [6.45, 7) is 2.23. The summed E-state index contributed by atoms with van der Waals surface area (Å²) in [5.74, 6) is 1.06. The van der Waals surface area contributed by atoms with E-state index in [9.17, 15) is 4.79 Å². The summed E-state index contributed by atoms with van der Waals surface area (Å²) in [5, 5.41) is 11.6. The number of hydrogen-bond donors (Lipinski definition) is 1. The number of nitrogens with zero attached hydrogens (tertiary/aromatic N) is 2. The highest BCUT2D eigenvalue weighted by atomic mass is 32.1. The number of carbonyl (C=O) groups excluding carboxylic acids is 1. The Morgan fingerprint density at radius 1 is 1.00 bits per heavy atom. The third-order valence-corrected chi connectivity index (χ3v) is 3.97. The highest BCUT2D eigenvalue weighted by molar-refractivity contribution is 7.15. The number of benzene rings is 2. The molecule has 7 heteroatoms. The Bertz CT molecular complexity index is 819. The van der Waals surface area contributed by atoms with Crippen molar-refractivity contribution in [2.24, 2.45) is 0 Å². The molecule has 3 rings (SSSR count). The summed E-state index contributed by atoms with van der Waals surface area (Å²) in [6, 6.07) is 17.1. The normalized spacial score (nSPS) is 10.3. The fourth-order valence-corrected chi connectivity index (χ4v) is 2.63. The van der Waals surface area contributed by atoms with Gasteiger partial charge in [-0.2, -0.15) is 0 Å². The summed E-state index contributed by atoms with van der Waals surface area (Å²) in [5.41, 5.74) is 1.10. The molecule has 2 aromatic carbocycles. The molecule has 0 fully saturated rings. The lowest BCUT2D eigenvalue weighted by molar-refractivity contribution is -0.118. The largest absolute Gasteiger partial charge is 0.489 e. The fraction of sp³-hybridized carbons (Fsp3) is 0.167. The number of nitrogens with one attached hydrogen (secondary N) is 1. The van der Waals surface area contributed by atoms with Crippen LogP contribution in [0.15, 0.2) is 54.6 Å². The second kappa shape index (κ2) is 8.25. The van der Waals surface area contributed by atoms with Crippen LogP contribution in [-0.4, -0.2) is 22.7 Å². The van der Waals surface area contributed by atoms with Crippen LogP contribution in [0.25, 0.3) is 0 Å². The van der Waals surface area contributed by atoms with Crippen LogP contribution < -0.4 is 14.8 Å². The van der Waals surface area contributed by atoms with E-state index in [0.717, 1.165) is 16.3 Å². The lowest BCUT2D eigenvalue weighted by Gasteiger charge is -2.08. The van der Waals surface area contributed by atoms with Crippen LogP contribution >= 0.6 is 11.3 Å². The van der Waals surface area contributed by atoms with E-state index in [1.165, 1.54) is 11.3 Å². The maximum Gasteiger partial charge on any atom is 0.264 e. The van der Waals surface area contributed by atoms with Crippen molar-refractivity contribution in [3.05, 3.63) is 65.2 Å². The molecule has 3 aromatic rings. The van der Waals surface area contributed by atoms with Gasteiger partial charge in [-0.05, 0) is 36.8 Å². The van der Waals surface area contributed by atoms with Crippen molar-refractivity contribution in [3.63, 3.8) is 0 Å². The molecule has 1 heterocycles. The quantitative estimate of drug-likeness (QED) is 0.703. The van der Waals surface area contributed by atoms with Crippen LogP contribution in [0.1, 0.15) is 10.6 Å². The molecule has 0 atom stereocenters. The monoisotopic (exact) mass is 355 g/mol. The van der Waals surface area contributed by atoms with Crippen molar-refractivity contribution in [1.29, 1.82) is 0 Å². The zero-order valence-electron chi connectivity index (χ0n) is 13.6. The number of aryl methyl sites for hydroxylation is 1. The Morgan fingerprint density at radius 3 is 2.32 bits per heavy atom. The van der Waals surface area contributed by atoms with Gasteiger partial charge in [0.1, 0.15) is 23.1 Å². The van der Waals surface area contributed by atoms with Gasteiger partial charge in [0, 0.05) is 0 Å². The van der Waals surface area contributed by atoms with Gasteiger partial charge in [-0.1, -0.05) is 41.7 Å². The minimum absolute atomic E-state index is 0.0944. The molecule has 1 N–H and O–H groups in total. The molecule has 6 nitrogen and oxygen atoms in total. The van der Waals surface area contributed by atoms with Crippen molar-refractivity contribution in [1.82, 2.24) is 10.2 Å². The van der Waals surface area contributed by atoms with Gasteiger partial charge >= 0.3 is 0 Å². The first-order valence-electron chi connectivity index (χ1n) is 7.68. The second-order valence-corrected chi connectivity index (χ2v) is 6.39. The van der Waals surface area contributed by atoms with Gasteiger partial charge in [0.25, 0.3) is 5.91 Å². The first kappa shape index (κ1) is 16.9. The van der Waals surface area contributed by atoms with E-state index in [1.54, 1.807) is 12.1 Å². The highest BCUT2D eigenvalue weighted by Gasteiger charge is 2.07. The molecule has 0 saturated heterocycles. The number of amides is 1. The van der Waals surface area contributed by atoms with Gasteiger partial charge < -0.3 is 9.47 Å². The maximum absolute atomic E-state index is 11.8. The zero-order chi connectivity index (χ0) is 17.5. The van der Waals surface area contributed by atoms with Gasteiger partial charge in [0.15, 0.2) is 6.61 Å². The Labute approximate surface area is 149 Å².